The average molecular weight is 1080 g/mol. The standard InChI is InChI=1S/C58H85N2O13PS/c1-3-5-7-9-11-13-15-17-19-21-23-25-27-29-54(63)69-42-47(72-55(64)30-28-26-24-22-20-18-16-14-12-10-8-6-4-2)43-71-74(67,68)70-38-37-59-58(75)60-44-31-34-48(51(39-44)57(65)66)56-49-35-32-45(61)40-52(49)73-53-41-46(62)33-36-50(53)56/h31-36,39-41,47,61H,3-30,37-38,42-43H2,1-2H3,(H,65,66)(H,67,68)(H2,59,60,75)/t47-/m1/s1. The van der Waals surface area contributed by atoms with E-state index in [1.54, 1.807) is 24.3 Å². The third kappa shape index (κ3) is 25.2. The average Bonchev–Trinajstić information content (AvgIpc) is 3.38. The first-order valence-corrected chi connectivity index (χ1v) is 29.8. The van der Waals surface area contributed by atoms with E-state index in [-0.39, 0.29) is 65.8 Å². The number of ether oxygens (including phenoxy) is 2. The van der Waals surface area contributed by atoms with E-state index in [0.29, 0.717) is 40.6 Å². The van der Waals surface area contributed by atoms with Crippen LogP contribution in [0.5, 0.6) is 5.75 Å². The minimum atomic E-state index is -4.69. The van der Waals surface area contributed by atoms with Gasteiger partial charge in [0.05, 0.1) is 18.8 Å². The van der Waals surface area contributed by atoms with Crippen molar-refractivity contribution >= 4 is 59.7 Å². The van der Waals surface area contributed by atoms with Gasteiger partial charge in [0, 0.05) is 53.7 Å². The molecule has 1 aliphatic carbocycles. The number of carboxylic acid groups (broad SMARTS) is 1. The highest BCUT2D eigenvalue weighted by atomic mass is 32.1. The number of carboxylic acids is 1. The lowest BCUT2D eigenvalue weighted by Crippen LogP contribution is -2.31. The molecule has 15 nitrogen and oxygen atoms in total. The number of anilines is 1. The van der Waals surface area contributed by atoms with Crippen molar-refractivity contribution < 1.29 is 57.0 Å². The maximum atomic E-state index is 13.0. The first-order valence-electron chi connectivity index (χ1n) is 27.9. The van der Waals surface area contributed by atoms with Crippen molar-refractivity contribution in [1.82, 2.24) is 5.32 Å². The molecular weight excluding hydrogens is 996 g/mol. The Hall–Kier alpha value is -4.86. The van der Waals surface area contributed by atoms with Crippen LogP contribution in [0.3, 0.4) is 0 Å². The van der Waals surface area contributed by atoms with E-state index in [4.69, 9.17) is 35.2 Å². The van der Waals surface area contributed by atoms with Gasteiger partial charge in [-0.15, -0.1) is 0 Å². The third-order valence-electron chi connectivity index (χ3n) is 13.2. The Bertz CT molecular complexity index is 2410. The topological polar surface area (TPSA) is 220 Å². The van der Waals surface area contributed by atoms with E-state index in [1.165, 1.54) is 146 Å². The summed E-state index contributed by atoms with van der Waals surface area (Å²) in [5.41, 5.74) is 1.48. The second-order valence-corrected chi connectivity index (χ2v) is 21.5. The van der Waals surface area contributed by atoms with Gasteiger partial charge in [-0.3, -0.25) is 23.4 Å². The highest BCUT2D eigenvalue weighted by Crippen LogP contribution is 2.44. The van der Waals surface area contributed by atoms with Crippen molar-refractivity contribution in [2.75, 3.05) is 31.7 Å². The minimum absolute atomic E-state index is 0.0559. The third-order valence-corrected chi connectivity index (χ3v) is 14.4. The van der Waals surface area contributed by atoms with E-state index in [1.807, 2.05) is 0 Å². The molecule has 416 valence electrons. The van der Waals surface area contributed by atoms with Crippen LogP contribution >= 0.6 is 20.0 Å². The van der Waals surface area contributed by atoms with Gasteiger partial charge in [0.25, 0.3) is 0 Å². The number of nitrogens with one attached hydrogen (secondary N) is 2. The van der Waals surface area contributed by atoms with Crippen molar-refractivity contribution in [3.8, 4) is 28.2 Å². The molecule has 2 aromatic rings. The summed E-state index contributed by atoms with van der Waals surface area (Å²) in [5, 5.41) is 26.8. The molecule has 0 amide bonds. The van der Waals surface area contributed by atoms with Gasteiger partial charge >= 0.3 is 25.7 Å². The molecule has 0 spiro atoms. The molecule has 0 fully saturated rings. The highest BCUT2D eigenvalue weighted by molar-refractivity contribution is 7.80. The normalized spacial score (nSPS) is 12.6. The van der Waals surface area contributed by atoms with Crippen molar-refractivity contribution in [2.45, 2.75) is 200 Å². The van der Waals surface area contributed by atoms with Gasteiger partial charge in [-0.05, 0) is 67.0 Å². The minimum Gasteiger partial charge on any atom is -0.508 e. The number of carbonyl (C=O) groups is 3. The molecule has 1 unspecified atom stereocenters. The zero-order valence-corrected chi connectivity index (χ0v) is 46.4. The monoisotopic (exact) mass is 1080 g/mol. The number of rotatable bonds is 41. The van der Waals surface area contributed by atoms with Crippen molar-refractivity contribution in [3.63, 3.8) is 0 Å². The molecule has 0 aromatic heterocycles. The molecule has 1 aliphatic heterocycles. The largest absolute Gasteiger partial charge is 0.508 e. The molecule has 0 saturated heterocycles. The summed E-state index contributed by atoms with van der Waals surface area (Å²) in [6.45, 7) is 3.18. The smallest absolute Gasteiger partial charge is 0.472 e. The Morgan fingerprint density at radius 1 is 0.653 bits per heavy atom. The van der Waals surface area contributed by atoms with Crippen LogP contribution in [0.15, 0.2) is 63.8 Å². The van der Waals surface area contributed by atoms with Crippen LogP contribution in [0.1, 0.15) is 204 Å². The maximum absolute atomic E-state index is 13.0. The Balaban J connectivity index is 1.22. The number of aromatic carboxylic acids is 1. The van der Waals surface area contributed by atoms with Crippen LogP contribution in [0, 0.1) is 0 Å². The number of hydrogen-bond acceptors (Lipinski definition) is 12. The second kappa shape index (κ2) is 36.2. The molecule has 2 atom stereocenters. The molecule has 75 heavy (non-hydrogen) atoms. The quantitative estimate of drug-likeness (QED) is 0.00917. The molecule has 2 aromatic carbocycles. The van der Waals surface area contributed by atoms with E-state index < -0.39 is 38.4 Å². The van der Waals surface area contributed by atoms with Crippen LogP contribution < -0.4 is 16.1 Å². The number of phenolic OH excluding ortho intramolecular Hbond substituents is 1. The van der Waals surface area contributed by atoms with Crippen LogP contribution in [-0.2, 0) is 32.7 Å². The predicted molar refractivity (Wildman–Crippen MR) is 301 cm³/mol. The predicted octanol–water partition coefficient (Wildman–Crippen LogP) is 14.8. The summed E-state index contributed by atoms with van der Waals surface area (Å²) in [7, 11) is -4.69. The summed E-state index contributed by atoms with van der Waals surface area (Å²) in [6, 6.07) is 13.3. The number of fused-ring (bicyclic) bond motifs is 2. The number of carbonyl (C=O) groups excluding carboxylic acids is 2. The zero-order chi connectivity index (χ0) is 54.1. The number of aromatic hydroxyl groups is 1. The summed E-state index contributed by atoms with van der Waals surface area (Å²) in [5.74, 6) is -2.05. The number of hydrogen-bond donors (Lipinski definition) is 5. The molecule has 5 N–H and O–H groups in total. The van der Waals surface area contributed by atoms with Crippen LogP contribution in [0.25, 0.3) is 33.4 Å². The molecule has 2 aliphatic rings. The lowest BCUT2D eigenvalue weighted by molar-refractivity contribution is -0.161. The number of esters is 2. The van der Waals surface area contributed by atoms with Crippen molar-refractivity contribution in [1.29, 1.82) is 0 Å². The number of phenols is 1. The molecule has 0 saturated carbocycles. The van der Waals surface area contributed by atoms with E-state index >= 15 is 0 Å². The summed E-state index contributed by atoms with van der Waals surface area (Å²) >= 11 is 5.42. The lowest BCUT2D eigenvalue weighted by Gasteiger charge is -2.20. The molecule has 1 heterocycles. The van der Waals surface area contributed by atoms with Crippen molar-refractivity contribution in [2.24, 2.45) is 0 Å². The SMILES string of the molecule is CCCCCCCCCCCCCCCC(=O)OC[C@H](COP(=O)(O)OCCNC(=S)Nc1ccc(-c2c3ccc(=O)cc-3oc3cc(O)ccc23)c(C(=O)O)c1)OC(=O)CCCCCCCCCCCCCCC. The number of unbranched alkanes of at least 4 members (excludes halogenated alkanes) is 24. The molecule has 0 bridgehead atoms. The van der Waals surface area contributed by atoms with Gasteiger partial charge in [-0.25, -0.2) is 9.36 Å². The van der Waals surface area contributed by atoms with Gasteiger partial charge < -0.3 is 39.6 Å². The fourth-order valence-electron chi connectivity index (χ4n) is 9.08. The summed E-state index contributed by atoms with van der Waals surface area (Å²) in [6.07, 6.45) is 29.8. The second-order valence-electron chi connectivity index (χ2n) is 19.6. The van der Waals surface area contributed by atoms with Crippen molar-refractivity contribution in [3.05, 3.63) is 70.4 Å². The van der Waals surface area contributed by atoms with E-state index in [9.17, 15) is 38.8 Å². The van der Waals surface area contributed by atoms with Gasteiger partial charge in [-0.2, -0.15) is 0 Å². The maximum Gasteiger partial charge on any atom is 0.472 e. The molecule has 4 rings (SSSR count). The number of benzene rings is 3. The Morgan fingerprint density at radius 2 is 1.19 bits per heavy atom. The zero-order valence-electron chi connectivity index (χ0n) is 44.7. The molecule has 0 radical (unpaired) electrons. The highest BCUT2D eigenvalue weighted by Gasteiger charge is 2.27. The fraction of sp³-hybridized carbons (Fsp3) is 0.603. The number of thiocarbonyl (C=S) groups is 1. The van der Waals surface area contributed by atoms with Crippen LogP contribution in [0.2, 0.25) is 0 Å². The van der Waals surface area contributed by atoms with Gasteiger partial charge in [-0.1, -0.05) is 174 Å². The number of phosphoric ester groups is 1. The summed E-state index contributed by atoms with van der Waals surface area (Å²) in [4.78, 5) is 61.1. The van der Waals surface area contributed by atoms with Crippen LogP contribution in [0.4, 0.5) is 5.69 Å². The Morgan fingerprint density at radius 3 is 1.75 bits per heavy atom. The van der Waals surface area contributed by atoms with Gasteiger partial charge in [0.1, 0.15) is 23.7 Å². The fourth-order valence-corrected chi connectivity index (χ4v) is 10.0. The van der Waals surface area contributed by atoms with E-state index in [0.717, 1.165) is 38.5 Å². The lowest BCUT2D eigenvalue weighted by atomic mass is 9.90. The van der Waals surface area contributed by atoms with E-state index in [2.05, 4.69) is 24.5 Å². The molecule has 17 heteroatoms. The summed E-state index contributed by atoms with van der Waals surface area (Å²) < 4.78 is 40.4. The van der Waals surface area contributed by atoms with Gasteiger partial charge in [0.2, 0.25) is 0 Å². The first kappa shape index (κ1) is 62.7. The van der Waals surface area contributed by atoms with Gasteiger partial charge in [0.15, 0.2) is 16.6 Å². The Kier molecular flexibility index (Phi) is 30.3. The Labute approximate surface area is 450 Å². The first-order chi connectivity index (χ1) is 36.3. The number of phosphoric acid groups is 1. The van der Waals surface area contributed by atoms with Crippen LogP contribution in [-0.4, -0.2) is 70.6 Å². The molecular formula is C58H85N2O13PS.